The van der Waals surface area contributed by atoms with Gasteiger partial charge in [0, 0.05) is 6.61 Å². The van der Waals surface area contributed by atoms with Gasteiger partial charge >= 0.3 is 5.97 Å². The largest absolute Gasteiger partial charge is 0.465 e. The zero-order valence-corrected chi connectivity index (χ0v) is 9.99. The Hall–Kier alpha value is -1.35. The molecule has 3 nitrogen and oxygen atoms in total. The van der Waals surface area contributed by atoms with Crippen molar-refractivity contribution in [3.63, 3.8) is 0 Å². The Morgan fingerprint density at radius 2 is 2.12 bits per heavy atom. The molecule has 16 heavy (non-hydrogen) atoms. The Balaban J connectivity index is 2.87. The number of hydrogen-bond acceptors (Lipinski definition) is 3. The first-order valence-electron chi connectivity index (χ1n) is 5.26. The van der Waals surface area contributed by atoms with E-state index in [2.05, 4.69) is 4.74 Å². The molecule has 0 bridgehead atoms. The lowest BCUT2D eigenvalue weighted by atomic mass is 9.86. The van der Waals surface area contributed by atoms with Crippen LogP contribution in [0.25, 0.3) is 0 Å². The molecule has 0 heterocycles. The number of rotatable bonds is 4. The number of carbonyl (C=O) groups is 1. The van der Waals surface area contributed by atoms with Crippen LogP contribution in [-0.2, 0) is 11.2 Å². The van der Waals surface area contributed by atoms with Gasteiger partial charge in [-0.3, -0.25) is 0 Å². The lowest BCUT2D eigenvalue weighted by Crippen LogP contribution is -2.19. The van der Waals surface area contributed by atoms with Gasteiger partial charge in [-0.25, -0.2) is 4.79 Å². The van der Waals surface area contributed by atoms with Crippen LogP contribution in [0.5, 0.6) is 0 Å². The molecule has 0 saturated carbocycles. The summed E-state index contributed by atoms with van der Waals surface area (Å²) >= 11 is 0. The molecule has 0 aliphatic carbocycles. The molecule has 1 N–H and O–H groups in total. The highest BCUT2D eigenvalue weighted by Crippen LogP contribution is 2.21. The fourth-order valence-corrected chi connectivity index (χ4v) is 1.53. The van der Waals surface area contributed by atoms with Crippen molar-refractivity contribution in [2.24, 2.45) is 5.41 Å². The fraction of sp³-hybridized carbons (Fsp3) is 0.462. The van der Waals surface area contributed by atoms with Crippen LogP contribution in [0, 0.1) is 5.41 Å². The molecule has 1 aromatic rings. The number of esters is 1. The summed E-state index contributed by atoms with van der Waals surface area (Å²) in [6, 6.07) is 7.31. The first-order valence-corrected chi connectivity index (χ1v) is 5.26. The van der Waals surface area contributed by atoms with E-state index < -0.39 is 0 Å². The SMILES string of the molecule is COC(=O)c1cccc(CC(C)(C)CO)c1. The monoisotopic (exact) mass is 222 g/mol. The van der Waals surface area contributed by atoms with E-state index in [4.69, 9.17) is 0 Å². The molecule has 0 atom stereocenters. The maximum absolute atomic E-state index is 11.3. The summed E-state index contributed by atoms with van der Waals surface area (Å²) in [7, 11) is 1.37. The summed E-state index contributed by atoms with van der Waals surface area (Å²) in [6.07, 6.45) is 0.730. The van der Waals surface area contributed by atoms with Crippen molar-refractivity contribution in [1.82, 2.24) is 0 Å². The van der Waals surface area contributed by atoms with Crippen LogP contribution in [-0.4, -0.2) is 24.8 Å². The lowest BCUT2D eigenvalue weighted by Gasteiger charge is -2.21. The molecule has 0 spiro atoms. The molecule has 0 radical (unpaired) electrons. The van der Waals surface area contributed by atoms with E-state index in [-0.39, 0.29) is 18.0 Å². The van der Waals surface area contributed by atoms with E-state index in [0.29, 0.717) is 5.56 Å². The molecule has 0 unspecified atom stereocenters. The molecule has 0 saturated heterocycles. The van der Waals surface area contributed by atoms with Crippen molar-refractivity contribution in [2.75, 3.05) is 13.7 Å². The number of aliphatic hydroxyl groups excluding tert-OH is 1. The highest BCUT2D eigenvalue weighted by Gasteiger charge is 2.17. The van der Waals surface area contributed by atoms with Crippen molar-refractivity contribution in [3.8, 4) is 0 Å². The highest BCUT2D eigenvalue weighted by atomic mass is 16.5. The molecule has 0 amide bonds. The maximum Gasteiger partial charge on any atom is 0.337 e. The van der Waals surface area contributed by atoms with Crippen LogP contribution in [0.2, 0.25) is 0 Å². The van der Waals surface area contributed by atoms with E-state index >= 15 is 0 Å². The van der Waals surface area contributed by atoms with Crippen molar-refractivity contribution < 1.29 is 14.6 Å². The smallest absolute Gasteiger partial charge is 0.337 e. The summed E-state index contributed by atoms with van der Waals surface area (Å²) in [4.78, 5) is 11.3. The molecule has 3 heteroatoms. The molecule has 0 aliphatic heterocycles. The van der Waals surface area contributed by atoms with Gasteiger partial charge in [0.1, 0.15) is 0 Å². The van der Waals surface area contributed by atoms with Crippen LogP contribution in [0.3, 0.4) is 0 Å². The van der Waals surface area contributed by atoms with Gasteiger partial charge in [0.15, 0.2) is 0 Å². The van der Waals surface area contributed by atoms with Gasteiger partial charge in [-0.1, -0.05) is 26.0 Å². The third kappa shape index (κ3) is 3.35. The first kappa shape index (κ1) is 12.7. The predicted octanol–water partition coefficient (Wildman–Crippen LogP) is 2.03. The summed E-state index contributed by atoms with van der Waals surface area (Å²) in [5, 5.41) is 9.19. The van der Waals surface area contributed by atoms with Gasteiger partial charge < -0.3 is 9.84 Å². The van der Waals surface area contributed by atoms with Crippen LogP contribution in [0.4, 0.5) is 0 Å². The molecule has 1 rings (SSSR count). The minimum Gasteiger partial charge on any atom is -0.465 e. The molecular weight excluding hydrogens is 204 g/mol. The van der Waals surface area contributed by atoms with Gasteiger partial charge in [-0.15, -0.1) is 0 Å². The number of aliphatic hydroxyl groups is 1. The fourth-order valence-electron chi connectivity index (χ4n) is 1.53. The maximum atomic E-state index is 11.3. The third-order valence-electron chi connectivity index (χ3n) is 2.46. The standard InChI is InChI=1S/C13H18O3/c1-13(2,9-14)8-10-5-4-6-11(7-10)12(15)16-3/h4-7,14H,8-9H2,1-3H3. The molecule has 88 valence electrons. The topological polar surface area (TPSA) is 46.5 Å². The van der Waals surface area contributed by atoms with Crippen molar-refractivity contribution in [1.29, 1.82) is 0 Å². The zero-order valence-electron chi connectivity index (χ0n) is 9.99. The van der Waals surface area contributed by atoms with Crippen molar-refractivity contribution >= 4 is 5.97 Å². The molecule has 1 aromatic carbocycles. The third-order valence-corrected chi connectivity index (χ3v) is 2.46. The van der Waals surface area contributed by atoms with Gasteiger partial charge in [-0.05, 0) is 29.5 Å². The molecule has 0 fully saturated rings. The van der Waals surface area contributed by atoms with E-state index in [1.165, 1.54) is 7.11 Å². The van der Waals surface area contributed by atoms with Crippen molar-refractivity contribution in [3.05, 3.63) is 35.4 Å². The van der Waals surface area contributed by atoms with Crippen LogP contribution in [0.15, 0.2) is 24.3 Å². The predicted molar refractivity (Wildman–Crippen MR) is 62.4 cm³/mol. The molecule has 0 aliphatic rings. The average molecular weight is 222 g/mol. The van der Waals surface area contributed by atoms with Gasteiger partial charge in [-0.2, -0.15) is 0 Å². The Morgan fingerprint density at radius 1 is 1.44 bits per heavy atom. The second-order valence-corrected chi connectivity index (χ2v) is 4.69. The normalized spacial score (nSPS) is 11.2. The number of ether oxygens (including phenoxy) is 1. The minimum atomic E-state index is -0.330. The number of hydrogen-bond donors (Lipinski definition) is 1. The van der Waals surface area contributed by atoms with Gasteiger partial charge in [0.25, 0.3) is 0 Å². The second kappa shape index (κ2) is 5.12. The highest BCUT2D eigenvalue weighted by molar-refractivity contribution is 5.89. The lowest BCUT2D eigenvalue weighted by molar-refractivity contribution is 0.0600. The molecule has 0 aromatic heterocycles. The van der Waals surface area contributed by atoms with E-state index in [1.54, 1.807) is 6.07 Å². The number of methoxy groups -OCH3 is 1. The quantitative estimate of drug-likeness (QED) is 0.793. The molecular formula is C13H18O3. The van der Waals surface area contributed by atoms with Crippen molar-refractivity contribution in [2.45, 2.75) is 20.3 Å². The van der Waals surface area contributed by atoms with Gasteiger partial charge in [0.05, 0.1) is 12.7 Å². The Morgan fingerprint density at radius 3 is 2.69 bits per heavy atom. The summed E-state index contributed by atoms with van der Waals surface area (Å²) in [5.74, 6) is -0.330. The van der Waals surface area contributed by atoms with E-state index in [9.17, 15) is 9.90 Å². The summed E-state index contributed by atoms with van der Waals surface area (Å²) < 4.78 is 4.66. The minimum absolute atomic E-state index is 0.120. The number of carbonyl (C=O) groups excluding carboxylic acids is 1. The number of benzene rings is 1. The summed E-state index contributed by atoms with van der Waals surface area (Å²) in [5.41, 5.74) is 1.41. The van der Waals surface area contributed by atoms with E-state index in [0.717, 1.165) is 12.0 Å². The Labute approximate surface area is 96.1 Å². The summed E-state index contributed by atoms with van der Waals surface area (Å²) in [6.45, 7) is 4.09. The van der Waals surface area contributed by atoms with Crippen LogP contribution in [0.1, 0.15) is 29.8 Å². The zero-order chi connectivity index (χ0) is 12.2. The van der Waals surface area contributed by atoms with Crippen LogP contribution < -0.4 is 0 Å². The van der Waals surface area contributed by atoms with Crippen LogP contribution >= 0.6 is 0 Å². The average Bonchev–Trinajstić information content (AvgIpc) is 2.28. The van der Waals surface area contributed by atoms with Gasteiger partial charge in [0.2, 0.25) is 0 Å². The Bertz CT molecular complexity index is 369. The first-order chi connectivity index (χ1) is 7.48. The van der Waals surface area contributed by atoms with E-state index in [1.807, 2.05) is 32.0 Å². The second-order valence-electron chi connectivity index (χ2n) is 4.69. The Kier molecular flexibility index (Phi) is 4.07.